The molecule has 0 aliphatic rings. The van der Waals surface area contributed by atoms with Crippen molar-refractivity contribution in [3.05, 3.63) is 21.4 Å². The van der Waals surface area contributed by atoms with Gasteiger partial charge in [-0.2, -0.15) is 18.2 Å². The summed E-state index contributed by atoms with van der Waals surface area (Å²) in [5.74, 6) is -0.0489. The number of hydrogen-bond donors (Lipinski definition) is 1. The van der Waals surface area contributed by atoms with Crippen molar-refractivity contribution in [2.45, 2.75) is 6.18 Å². The smallest absolute Gasteiger partial charge is 0.366 e. The van der Waals surface area contributed by atoms with Gasteiger partial charge in [0.05, 0.1) is 9.13 Å². The van der Waals surface area contributed by atoms with Gasteiger partial charge in [0.1, 0.15) is 0 Å². The highest BCUT2D eigenvalue weighted by Crippen LogP contribution is 2.30. The molecule has 0 aromatic carbocycles. The lowest BCUT2D eigenvalue weighted by molar-refractivity contribution is -0.138. The topological polar surface area (TPSA) is 56.2 Å². The first-order chi connectivity index (χ1) is 6.88. The number of alkyl halides is 3. The molecule has 8 heteroatoms. The van der Waals surface area contributed by atoms with E-state index in [4.69, 9.17) is 5.73 Å². The quantitative estimate of drug-likeness (QED) is 0.752. The molecule has 2 aromatic rings. The second-order valence-electron chi connectivity index (χ2n) is 2.81. The summed E-state index contributed by atoms with van der Waals surface area (Å²) in [5.41, 5.74) is 4.84. The van der Waals surface area contributed by atoms with Gasteiger partial charge in [-0.15, -0.1) is 5.10 Å². The maximum atomic E-state index is 12.4. The molecule has 2 N–H and O–H groups in total. The molecule has 2 heterocycles. The Balaban J connectivity index is 2.72. The largest absolute Gasteiger partial charge is 0.417 e. The van der Waals surface area contributed by atoms with Crippen molar-refractivity contribution in [3.8, 4) is 0 Å². The highest BCUT2D eigenvalue weighted by molar-refractivity contribution is 14.1. The van der Waals surface area contributed by atoms with Crippen molar-refractivity contribution < 1.29 is 13.2 Å². The Morgan fingerprint density at radius 1 is 1.40 bits per heavy atom. The van der Waals surface area contributed by atoms with E-state index < -0.39 is 11.7 Å². The number of aromatic nitrogens is 3. The Kier molecular flexibility index (Phi) is 2.24. The Morgan fingerprint density at radius 2 is 2.07 bits per heavy atom. The van der Waals surface area contributed by atoms with E-state index in [1.165, 1.54) is 0 Å². The van der Waals surface area contributed by atoms with Crippen LogP contribution < -0.4 is 5.73 Å². The van der Waals surface area contributed by atoms with Gasteiger partial charge >= 0.3 is 6.18 Å². The number of nitrogens with zero attached hydrogens (tertiary/aromatic N) is 3. The summed E-state index contributed by atoms with van der Waals surface area (Å²) < 4.78 is 38.6. The first-order valence-electron chi connectivity index (χ1n) is 3.76. The molecule has 0 amide bonds. The van der Waals surface area contributed by atoms with Crippen LogP contribution in [0.4, 0.5) is 19.1 Å². The molecule has 0 saturated heterocycles. The van der Waals surface area contributed by atoms with E-state index in [9.17, 15) is 13.2 Å². The van der Waals surface area contributed by atoms with Gasteiger partial charge in [0, 0.05) is 6.20 Å². The molecule has 0 unspecified atom stereocenters. The van der Waals surface area contributed by atoms with Gasteiger partial charge in [-0.05, 0) is 28.7 Å². The first-order valence-corrected chi connectivity index (χ1v) is 4.84. The lowest BCUT2D eigenvalue weighted by Crippen LogP contribution is -2.07. The molecule has 2 rings (SSSR count). The van der Waals surface area contributed by atoms with Crippen molar-refractivity contribution in [1.29, 1.82) is 0 Å². The minimum atomic E-state index is -4.39. The number of pyridine rings is 1. The average Bonchev–Trinajstić information content (AvgIpc) is 2.44. The van der Waals surface area contributed by atoms with Crippen molar-refractivity contribution in [1.82, 2.24) is 14.6 Å². The highest BCUT2D eigenvalue weighted by Gasteiger charge is 2.32. The van der Waals surface area contributed by atoms with Gasteiger partial charge in [-0.3, -0.25) is 0 Å². The Labute approximate surface area is 95.4 Å². The number of nitrogens with two attached hydrogens (primary N) is 1. The molecule has 4 nitrogen and oxygen atoms in total. The lowest BCUT2D eigenvalue weighted by atomic mass is 10.3. The third-order valence-corrected chi connectivity index (χ3v) is 2.53. The summed E-state index contributed by atoms with van der Waals surface area (Å²) >= 11 is 1.76. The van der Waals surface area contributed by atoms with Crippen molar-refractivity contribution in [3.63, 3.8) is 0 Å². The molecule has 0 aliphatic carbocycles. The van der Waals surface area contributed by atoms with Crippen LogP contribution in [0.25, 0.3) is 5.65 Å². The number of rotatable bonds is 0. The second kappa shape index (κ2) is 3.22. The SMILES string of the molecule is Nc1nc2c(I)cc(C(F)(F)F)cn2n1. The zero-order valence-corrected chi connectivity index (χ0v) is 9.24. The van der Waals surface area contributed by atoms with E-state index in [-0.39, 0.29) is 5.95 Å². The highest BCUT2D eigenvalue weighted by atomic mass is 127. The molecule has 15 heavy (non-hydrogen) atoms. The van der Waals surface area contributed by atoms with Crippen LogP contribution in [-0.2, 0) is 6.18 Å². The molecule has 0 bridgehead atoms. The van der Waals surface area contributed by atoms with E-state index in [1.54, 1.807) is 22.6 Å². The predicted octanol–water partition coefficient (Wildman–Crippen LogP) is 1.93. The van der Waals surface area contributed by atoms with Crippen LogP contribution in [-0.4, -0.2) is 14.6 Å². The van der Waals surface area contributed by atoms with Gasteiger partial charge in [0.15, 0.2) is 5.65 Å². The van der Waals surface area contributed by atoms with Crippen molar-refractivity contribution in [2.24, 2.45) is 0 Å². The Morgan fingerprint density at radius 3 is 2.67 bits per heavy atom. The van der Waals surface area contributed by atoms with E-state index in [2.05, 4.69) is 10.1 Å². The van der Waals surface area contributed by atoms with Crippen LogP contribution in [0.3, 0.4) is 0 Å². The van der Waals surface area contributed by atoms with Crippen molar-refractivity contribution in [2.75, 3.05) is 5.73 Å². The molecule has 2 aromatic heterocycles. The van der Waals surface area contributed by atoms with Gasteiger partial charge in [-0.25, -0.2) is 4.52 Å². The summed E-state index contributed by atoms with van der Waals surface area (Å²) in [6.45, 7) is 0. The maximum absolute atomic E-state index is 12.4. The Bertz CT molecular complexity index is 519. The summed E-state index contributed by atoms with van der Waals surface area (Å²) in [6.07, 6.45) is -3.53. The van der Waals surface area contributed by atoms with Gasteiger partial charge in [-0.1, -0.05) is 0 Å². The molecule has 0 aliphatic heterocycles. The predicted molar refractivity (Wildman–Crippen MR) is 55.1 cm³/mol. The number of hydrogen-bond acceptors (Lipinski definition) is 3. The number of anilines is 1. The van der Waals surface area contributed by atoms with Gasteiger partial charge in [0.2, 0.25) is 5.95 Å². The van der Waals surface area contributed by atoms with Gasteiger partial charge < -0.3 is 5.73 Å². The normalized spacial score (nSPS) is 12.3. The fourth-order valence-corrected chi connectivity index (χ4v) is 1.82. The molecule has 0 saturated carbocycles. The fraction of sp³-hybridized carbons (Fsp3) is 0.143. The minimum Gasteiger partial charge on any atom is -0.366 e. The van der Waals surface area contributed by atoms with Crippen LogP contribution >= 0.6 is 22.6 Å². The zero-order valence-electron chi connectivity index (χ0n) is 7.09. The number of halogens is 4. The fourth-order valence-electron chi connectivity index (χ4n) is 1.12. The molecule has 0 spiro atoms. The van der Waals surface area contributed by atoms with E-state index >= 15 is 0 Å². The van der Waals surface area contributed by atoms with Crippen molar-refractivity contribution >= 4 is 34.2 Å². The molecular formula is C7H4F3IN4. The third kappa shape index (κ3) is 1.85. The minimum absolute atomic E-state index is 0.0489. The molecular weight excluding hydrogens is 324 g/mol. The van der Waals surface area contributed by atoms with Crippen LogP contribution in [0.15, 0.2) is 12.3 Å². The van der Waals surface area contributed by atoms with E-state index in [0.29, 0.717) is 9.22 Å². The molecule has 0 fully saturated rings. The Hall–Kier alpha value is -1.06. The standard InChI is InChI=1S/C7H4F3IN4/c8-7(9,10)3-1-4(11)5-13-6(12)14-15(5)2-3/h1-2H,(H2,12,14). The van der Waals surface area contributed by atoms with E-state index in [0.717, 1.165) is 16.8 Å². The van der Waals surface area contributed by atoms with Crippen LogP contribution in [0.5, 0.6) is 0 Å². The number of fused-ring (bicyclic) bond motifs is 1. The summed E-state index contributed by atoms with van der Waals surface area (Å²) in [6, 6.07) is 1.00. The average molecular weight is 328 g/mol. The third-order valence-electron chi connectivity index (χ3n) is 1.73. The molecule has 80 valence electrons. The summed E-state index contributed by atoms with van der Waals surface area (Å²) in [5, 5.41) is 3.63. The monoisotopic (exact) mass is 328 g/mol. The maximum Gasteiger partial charge on any atom is 0.417 e. The lowest BCUT2D eigenvalue weighted by Gasteiger charge is -2.06. The number of nitrogen functional groups attached to an aromatic ring is 1. The second-order valence-corrected chi connectivity index (χ2v) is 3.97. The van der Waals surface area contributed by atoms with E-state index in [1.807, 2.05) is 0 Å². The van der Waals surface area contributed by atoms with Crippen LogP contribution in [0.1, 0.15) is 5.56 Å². The molecule has 0 radical (unpaired) electrons. The summed E-state index contributed by atoms with van der Waals surface area (Å²) in [4.78, 5) is 3.79. The summed E-state index contributed by atoms with van der Waals surface area (Å²) in [7, 11) is 0. The molecule has 0 atom stereocenters. The van der Waals surface area contributed by atoms with Gasteiger partial charge in [0.25, 0.3) is 0 Å². The van der Waals surface area contributed by atoms with Crippen LogP contribution in [0.2, 0.25) is 0 Å². The zero-order chi connectivity index (χ0) is 11.2. The van der Waals surface area contributed by atoms with Crippen LogP contribution in [0, 0.1) is 3.57 Å². The first kappa shape index (κ1) is 10.5.